The average molecular weight is 262 g/mol. The Balaban J connectivity index is 2.86. The van der Waals surface area contributed by atoms with Gasteiger partial charge in [-0.25, -0.2) is 0 Å². The number of unbranched alkanes of at least 4 members (excludes halogenated alkanes) is 1. The Bertz CT molecular complexity index is 492. The van der Waals surface area contributed by atoms with Crippen molar-refractivity contribution in [1.82, 2.24) is 5.32 Å². The summed E-state index contributed by atoms with van der Waals surface area (Å²) in [6.07, 6.45) is 6.49. The monoisotopic (exact) mass is 262 g/mol. The fraction of sp³-hybridized carbons (Fsp3) is 0.357. The first-order chi connectivity index (χ1) is 9.13. The molecular weight excluding hydrogens is 244 g/mol. The minimum atomic E-state index is -0.272. The Hall–Kier alpha value is -2.35. The van der Waals surface area contributed by atoms with E-state index >= 15 is 0 Å². The van der Waals surface area contributed by atoms with Gasteiger partial charge in [0.15, 0.2) is 0 Å². The van der Waals surface area contributed by atoms with Crippen LogP contribution in [0.2, 0.25) is 0 Å². The lowest BCUT2D eigenvalue weighted by atomic mass is 10.1. The third-order valence-corrected chi connectivity index (χ3v) is 2.60. The number of carbonyl (C=O) groups is 1. The standard InChI is InChI=1S/C14H18N2O3/c1-4-5-6-7-16-14(17)11-8-10(18-2)9-12(19-3)13(11)15/h1,8-9H,5-7,15H2,2-3H3,(H,16,17). The van der Waals surface area contributed by atoms with Crippen molar-refractivity contribution in [3.63, 3.8) is 0 Å². The second kappa shape index (κ2) is 7.17. The highest BCUT2D eigenvalue weighted by atomic mass is 16.5. The largest absolute Gasteiger partial charge is 0.497 e. The molecular formula is C14H18N2O3. The van der Waals surface area contributed by atoms with E-state index in [-0.39, 0.29) is 11.6 Å². The van der Waals surface area contributed by atoms with Crippen molar-refractivity contribution >= 4 is 11.6 Å². The smallest absolute Gasteiger partial charge is 0.253 e. The lowest BCUT2D eigenvalue weighted by molar-refractivity contribution is 0.0953. The number of carbonyl (C=O) groups excluding carboxylic acids is 1. The molecule has 0 aliphatic heterocycles. The van der Waals surface area contributed by atoms with Gasteiger partial charge in [-0.3, -0.25) is 4.79 Å². The normalized spacial score (nSPS) is 9.53. The molecule has 1 aromatic rings. The molecule has 0 bridgehead atoms. The summed E-state index contributed by atoms with van der Waals surface area (Å²) >= 11 is 0. The number of methoxy groups -OCH3 is 2. The highest BCUT2D eigenvalue weighted by Crippen LogP contribution is 2.30. The molecule has 0 aliphatic rings. The number of ether oxygens (including phenoxy) is 2. The summed E-state index contributed by atoms with van der Waals surface area (Å²) in [4.78, 5) is 12.0. The Labute approximate surface area is 113 Å². The van der Waals surface area contributed by atoms with E-state index in [2.05, 4.69) is 11.2 Å². The predicted octanol–water partition coefficient (Wildman–Crippen LogP) is 1.43. The molecule has 0 saturated heterocycles. The quantitative estimate of drug-likeness (QED) is 0.462. The number of nitrogens with two attached hydrogens (primary N) is 1. The summed E-state index contributed by atoms with van der Waals surface area (Å²) in [6, 6.07) is 3.21. The van der Waals surface area contributed by atoms with Gasteiger partial charge in [0.25, 0.3) is 5.91 Å². The van der Waals surface area contributed by atoms with E-state index in [0.29, 0.717) is 30.0 Å². The third kappa shape index (κ3) is 3.81. The second-order valence-corrected chi connectivity index (χ2v) is 3.85. The fourth-order valence-electron chi connectivity index (χ4n) is 1.56. The average Bonchev–Trinajstić information content (AvgIpc) is 2.43. The van der Waals surface area contributed by atoms with Gasteiger partial charge in [0.1, 0.15) is 11.5 Å². The number of anilines is 1. The van der Waals surface area contributed by atoms with Crippen LogP contribution in [0.15, 0.2) is 12.1 Å². The first kappa shape index (κ1) is 14.7. The third-order valence-electron chi connectivity index (χ3n) is 2.60. The van der Waals surface area contributed by atoms with E-state index < -0.39 is 0 Å². The van der Waals surface area contributed by atoms with Crippen LogP contribution in [0, 0.1) is 12.3 Å². The minimum absolute atomic E-state index is 0.272. The molecule has 1 aromatic carbocycles. The zero-order valence-corrected chi connectivity index (χ0v) is 11.2. The van der Waals surface area contributed by atoms with Crippen LogP contribution in [-0.2, 0) is 0 Å². The number of hydrogen-bond acceptors (Lipinski definition) is 4. The lowest BCUT2D eigenvalue weighted by Gasteiger charge is -2.12. The number of hydrogen-bond donors (Lipinski definition) is 2. The summed E-state index contributed by atoms with van der Waals surface area (Å²) in [5.41, 5.74) is 6.50. The van der Waals surface area contributed by atoms with Crippen LogP contribution in [0.25, 0.3) is 0 Å². The maximum atomic E-state index is 12.0. The lowest BCUT2D eigenvalue weighted by Crippen LogP contribution is -2.25. The highest BCUT2D eigenvalue weighted by Gasteiger charge is 2.15. The Morgan fingerprint density at radius 1 is 1.42 bits per heavy atom. The van der Waals surface area contributed by atoms with Crippen molar-refractivity contribution in [2.45, 2.75) is 12.8 Å². The van der Waals surface area contributed by atoms with Gasteiger partial charge in [0.05, 0.1) is 25.5 Å². The molecule has 0 heterocycles. The number of amides is 1. The molecule has 1 rings (SSSR count). The zero-order valence-electron chi connectivity index (χ0n) is 11.2. The van der Waals surface area contributed by atoms with Crippen molar-refractivity contribution in [3.05, 3.63) is 17.7 Å². The molecule has 0 atom stereocenters. The van der Waals surface area contributed by atoms with Crippen LogP contribution < -0.4 is 20.5 Å². The Kier molecular flexibility index (Phi) is 5.55. The molecule has 0 saturated carbocycles. The zero-order chi connectivity index (χ0) is 14.3. The molecule has 5 heteroatoms. The van der Waals surface area contributed by atoms with E-state index in [4.69, 9.17) is 21.6 Å². The van der Waals surface area contributed by atoms with Crippen molar-refractivity contribution in [1.29, 1.82) is 0 Å². The van der Waals surface area contributed by atoms with Crippen LogP contribution >= 0.6 is 0 Å². The van der Waals surface area contributed by atoms with E-state index in [1.165, 1.54) is 14.2 Å². The molecule has 0 spiro atoms. The van der Waals surface area contributed by atoms with Crippen LogP contribution in [-0.4, -0.2) is 26.7 Å². The number of nitrogen functional groups attached to an aromatic ring is 1. The van der Waals surface area contributed by atoms with E-state index in [0.717, 1.165) is 6.42 Å². The fourth-order valence-corrected chi connectivity index (χ4v) is 1.56. The van der Waals surface area contributed by atoms with Crippen molar-refractivity contribution in [2.24, 2.45) is 0 Å². The van der Waals surface area contributed by atoms with Crippen LogP contribution in [0.5, 0.6) is 11.5 Å². The van der Waals surface area contributed by atoms with Gasteiger partial charge in [0, 0.05) is 19.0 Å². The molecule has 1 amide bonds. The minimum Gasteiger partial charge on any atom is -0.497 e. The van der Waals surface area contributed by atoms with Crippen LogP contribution in [0.4, 0.5) is 5.69 Å². The summed E-state index contributed by atoms with van der Waals surface area (Å²) in [5, 5.41) is 2.75. The maximum absolute atomic E-state index is 12.0. The van der Waals surface area contributed by atoms with Crippen LogP contribution in [0.1, 0.15) is 23.2 Å². The van der Waals surface area contributed by atoms with Gasteiger partial charge in [-0.1, -0.05) is 0 Å². The van der Waals surface area contributed by atoms with Gasteiger partial charge in [-0.05, 0) is 12.5 Å². The van der Waals surface area contributed by atoms with E-state index in [1.807, 2.05) is 0 Å². The first-order valence-electron chi connectivity index (χ1n) is 5.87. The van der Waals surface area contributed by atoms with Crippen molar-refractivity contribution in [3.8, 4) is 23.8 Å². The molecule has 0 aliphatic carbocycles. The molecule has 5 nitrogen and oxygen atoms in total. The number of benzene rings is 1. The van der Waals surface area contributed by atoms with Crippen molar-refractivity contribution < 1.29 is 14.3 Å². The van der Waals surface area contributed by atoms with Gasteiger partial charge in [-0.15, -0.1) is 12.3 Å². The molecule has 3 N–H and O–H groups in total. The maximum Gasteiger partial charge on any atom is 0.253 e. The SMILES string of the molecule is C#CCCCNC(=O)c1cc(OC)cc(OC)c1N. The molecule has 0 fully saturated rings. The Morgan fingerprint density at radius 2 is 2.16 bits per heavy atom. The summed E-state index contributed by atoms with van der Waals surface area (Å²) in [6.45, 7) is 0.502. The highest BCUT2D eigenvalue weighted by molar-refractivity contribution is 6.00. The number of terminal acetylenes is 1. The van der Waals surface area contributed by atoms with Crippen molar-refractivity contribution in [2.75, 3.05) is 26.5 Å². The van der Waals surface area contributed by atoms with E-state index in [9.17, 15) is 4.79 Å². The predicted molar refractivity (Wildman–Crippen MR) is 74.4 cm³/mol. The molecule has 0 unspecified atom stereocenters. The van der Waals surface area contributed by atoms with Crippen LogP contribution in [0.3, 0.4) is 0 Å². The van der Waals surface area contributed by atoms with E-state index in [1.54, 1.807) is 12.1 Å². The van der Waals surface area contributed by atoms with Gasteiger partial charge >= 0.3 is 0 Å². The summed E-state index contributed by atoms with van der Waals surface area (Å²) in [5.74, 6) is 3.17. The first-order valence-corrected chi connectivity index (χ1v) is 5.87. The topological polar surface area (TPSA) is 73.6 Å². The molecule has 102 valence electrons. The second-order valence-electron chi connectivity index (χ2n) is 3.85. The van der Waals surface area contributed by atoms with Gasteiger partial charge in [0.2, 0.25) is 0 Å². The van der Waals surface area contributed by atoms with Gasteiger partial charge < -0.3 is 20.5 Å². The Morgan fingerprint density at radius 3 is 2.74 bits per heavy atom. The molecule has 19 heavy (non-hydrogen) atoms. The summed E-state index contributed by atoms with van der Waals surface area (Å²) in [7, 11) is 3.00. The number of rotatable bonds is 6. The molecule has 0 aromatic heterocycles. The summed E-state index contributed by atoms with van der Waals surface area (Å²) < 4.78 is 10.2. The molecule has 0 radical (unpaired) electrons. The number of nitrogens with one attached hydrogen (secondary N) is 1. The van der Waals surface area contributed by atoms with Gasteiger partial charge in [-0.2, -0.15) is 0 Å².